The van der Waals surface area contributed by atoms with Crippen LogP contribution >= 0.6 is 15.9 Å². The van der Waals surface area contributed by atoms with Crippen molar-refractivity contribution in [2.24, 2.45) is 11.7 Å². The fraction of sp³-hybridized carbons (Fsp3) is 0.417. The number of carbonyl (C=O) groups is 1. The smallest absolute Gasteiger partial charge is 0.283 e. The summed E-state index contributed by atoms with van der Waals surface area (Å²) in [5.41, 5.74) is 5.47. The van der Waals surface area contributed by atoms with Gasteiger partial charge in [0, 0.05) is 0 Å². The summed E-state index contributed by atoms with van der Waals surface area (Å²) in [7, 11) is 0. The third-order valence-electron chi connectivity index (χ3n) is 2.57. The van der Waals surface area contributed by atoms with Gasteiger partial charge in [-0.15, -0.1) is 6.58 Å². The molecule has 0 bridgehead atoms. The van der Waals surface area contributed by atoms with E-state index in [0.717, 1.165) is 0 Å². The summed E-state index contributed by atoms with van der Waals surface area (Å²) in [4.78, 5) is 23.3. The lowest BCUT2D eigenvalue weighted by Crippen LogP contribution is -2.40. The Bertz CT molecular complexity index is 539. The summed E-state index contributed by atoms with van der Waals surface area (Å²) in [6, 6.07) is -0.562. The molecule has 3 N–H and O–H groups in total. The van der Waals surface area contributed by atoms with E-state index in [1.54, 1.807) is 6.08 Å². The largest absolute Gasteiger partial charge is 0.371 e. The van der Waals surface area contributed by atoms with E-state index in [0.29, 0.717) is 16.7 Å². The van der Waals surface area contributed by atoms with Gasteiger partial charge in [0.05, 0.1) is 18.4 Å². The first-order valence-electron chi connectivity index (χ1n) is 5.80. The van der Waals surface area contributed by atoms with E-state index in [1.807, 2.05) is 13.8 Å². The first kappa shape index (κ1) is 15.4. The standard InChI is InChI=1S/C12H17BrN4O2/c1-4-5-17-12(19)9(13)8(6-15-17)16-10(7(2)3)11(14)18/h4,6-7,10,16H,1,5H2,2-3H3,(H2,14,18). The zero-order valence-corrected chi connectivity index (χ0v) is 12.5. The molecule has 1 rings (SSSR count). The monoisotopic (exact) mass is 328 g/mol. The van der Waals surface area contributed by atoms with E-state index in [9.17, 15) is 9.59 Å². The summed E-state index contributed by atoms with van der Waals surface area (Å²) < 4.78 is 1.58. The fourth-order valence-corrected chi connectivity index (χ4v) is 1.97. The molecule has 104 valence electrons. The maximum Gasteiger partial charge on any atom is 0.283 e. The van der Waals surface area contributed by atoms with Crippen LogP contribution in [0.25, 0.3) is 0 Å². The SMILES string of the molecule is C=CCn1ncc(NC(C(N)=O)C(C)C)c(Br)c1=O. The molecule has 0 radical (unpaired) electrons. The summed E-state index contributed by atoms with van der Waals surface area (Å²) in [6.45, 7) is 7.60. The van der Waals surface area contributed by atoms with Gasteiger partial charge in [0.1, 0.15) is 10.5 Å². The molecule has 0 aliphatic rings. The molecule has 1 aromatic heterocycles. The van der Waals surface area contributed by atoms with Crippen LogP contribution in [0.15, 0.2) is 28.1 Å². The van der Waals surface area contributed by atoms with Crippen molar-refractivity contribution in [3.8, 4) is 0 Å². The molecule has 1 unspecified atom stereocenters. The van der Waals surface area contributed by atoms with Crippen LogP contribution in [0.2, 0.25) is 0 Å². The number of carbonyl (C=O) groups excluding carboxylic acids is 1. The van der Waals surface area contributed by atoms with Crippen molar-refractivity contribution in [1.82, 2.24) is 9.78 Å². The molecule has 19 heavy (non-hydrogen) atoms. The van der Waals surface area contributed by atoms with Crippen LogP contribution < -0.4 is 16.6 Å². The van der Waals surface area contributed by atoms with Gasteiger partial charge >= 0.3 is 0 Å². The number of nitrogens with zero attached hydrogens (tertiary/aromatic N) is 2. The van der Waals surface area contributed by atoms with Gasteiger partial charge in [-0.1, -0.05) is 19.9 Å². The van der Waals surface area contributed by atoms with E-state index < -0.39 is 11.9 Å². The van der Waals surface area contributed by atoms with Crippen molar-refractivity contribution in [1.29, 1.82) is 0 Å². The molecule has 6 nitrogen and oxygen atoms in total. The molecule has 0 aliphatic heterocycles. The first-order valence-corrected chi connectivity index (χ1v) is 6.60. The Morgan fingerprint density at radius 3 is 2.79 bits per heavy atom. The average molecular weight is 329 g/mol. The highest BCUT2D eigenvalue weighted by Crippen LogP contribution is 2.19. The molecule has 1 aromatic rings. The van der Waals surface area contributed by atoms with Gasteiger partial charge < -0.3 is 11.1 Å². The maximum atomic E-state index is 12.0. The first-order chi connectivity index (χ1) is 8.88. The normalized spacial score (nSPS) is 12.2. The van der Waals surface area contributed by atoms with Crippen molar-refractivity contribution < 1.29 is 4.79 Å². The lowest BCUT2D eigenvalue weighted by atomic mass is 10.0. The van der Waals surface area contributed by atoms with Crippen molar-refractivity contribution >= 4 is 27.5 Å². The number of primary amides is 1. The van der Waals surface area contributed by atoms with Gasteiger partial charge in [-0.2, -0.15) is 5.10 Å². The minimum atomic E-state index is -0.562. The minimum Gasteiger partial charge on any atom is -0.371 e. The molecular weight excluding hydrogens is 312 g/mol. The molecule has 0 spiro atoms. The number of nitrogens with two attached hydrogens (primary N) is 1. The zero-order chi connectivity index (χ0) is 14.6. The topological polar surface area (TPSA) is 90.0 Å². The Morgan fingerprint density at radius 1 is 1.68 bits per heavy atom. The molecule has 0 saturated carbocycles. The number of anilines is 1. The minimum absolute atomic E-state index is 0.00000627. The van der Waals surface area contributed by atoms with Crippen molar-refractivity contribution in [2.75, 3.05) is 5.32 Å². The molecule has 1 heterocycles. The number of nitrogens with one attached hydrogen (secondary N) is 1. The van der Waals surface area contributed by atoms with E-state index in [2.05, 4.69) is 32.9 Å². The molecule has 1 atom stereocenters. The predicted molar refractivity (Wildman–Crippen MR) is 77.8 cm³/mol. The fourth-order valence-electron chi connectivity index (χ4n) is 1.55. The molecule has 0 saturated heterocycles. The number of hydrogen-bond acceptors (Lipinski definition) is 4. The molecule has 7 heteroatoms. The van der Waals surface area contributed by atoms with Gasteiger partial charge in [0.25, 0.3) is 5.56 Å². The van der Waals surface area contributed by atoms with E-state index in [-0.39, 0.29) is 11.5 Å². The van der Waals surface area contributed by atoms with Gasteiger partial charge in [-0.3, -0.25) is 9.59 Å². The number of rotatable bonds is 6. The summed E-state index contributed by atoms with van der Waals surface area (Å²) in [5.74, 6) is -0.475. The number of allylic oxidation sites excluding steroid dienone is 1. The van der Waals surface area contributed by atoms with Crippen LogP contribution in [0, 0.1) is 5.92 Å². The second kappa shape index (κ2) is 6.51. The van der Waals surface area contributed by atoms with Crippen molar-refractivity contribution in [3.63, 3.8) is 0 Å². The summed E-state index contributed by atoms with van der Waals surface area (Å²) in [5, 5.41) is 6.92. The maximum absolute atomic E-state index is 12.0. The lowest BCUT2D eigenvalue weighted by Gasteiger charge is -2.20. The Kier molecular flexibility index (Phi) is 5.29. The van der Waals surface area contributed by atoms with Gasteiger partial charge in [0.15, 0.2) is 0 Å². The number of amides is 1. The Morgan fingerprint density at radius 2 is 2.32 bits per heavy atom. The van der Waals surface area contributed by atoms with Crippen LogP contribution in [-0.2, 0) is 11.3 Å². The summed E-state index contributed by atoms with van der Waals surface area (Å²) in [6.07, 6.45) is 3.06. The third-order valence-corrected chi connectivity index (χ3v) is 3.34. The van der Waals surface area contributed by atoms with Gasteiger partial charge in [-0.05, 0) is 21.8 Å². The van der Waals surface area contributed by atoms with Crippen LogP contribution in [0.5, 0.6) is 0 Å². The Hall–Kier alpha value is -1.63. The predicted octanol–water partition coefficient (Wildman–Crippen LogP) is 1.11. The van der Waals surface area contributed by atoms with E-state index in [1.165, 1.54) is 10.9 Å². The van der Waals surface area contributed by atoms with Crippen LogP contribution in [0.3, 0.4) is 0 Å². The van der Waals surface area contributed by atoms with E-state index in [4.69, 9.17) is 5.73 Å². The van der Waals surface area contributed by atoms with Gasteiger partial charge in [-0.25, -0.2) is 4.68 Å². The quantitative estimate of drug-likeness (QED) is 0.765. The molecule has 1 amide bonds. The highest BCUT2D eigenvalue weighted by atomic mass is 79.9. The second-order valence-electron chi connectivity index (χ2n) is 4.42. The highest BCUT2D eigenvalue weighted by Gasteiger charge is 2.21. The van der Waals surface area contributed by atoms with Crippen molar-refractivity contribution in [2.45, 2.75) is 26.4 Å². The second-order valence-corrected chi connectivity index (χ2v) is 5.21. The van der Waals surface area contributed by atoms with Gasteiger partial charge in [0.2, 0.25) is 5.91 Å². The third kappa shape index (κ3) is 3.66. The molecule has 0 fully saturated rings. The zero-order valence-electron chi connectivity index (χ0n) is 10.9. The number of aromatic nitrogens is 2. The highest BCUT2D eigenvalue weighted by molar-refractivity contribution is 9.10. The average Bonchev–Trinajstić information content (AvgIpc) is 2.33. The Balaban J connectivity index is 3.09. The van der Waals surface area contributed by atoms with Crippen molar-refractivity contribution in [3.05, 3.63) is 33.7 Å². The van der Waals surface area contributed by atoms with Crippen LogP contribution in [-0.4, -0.2) is 21.7 Å². The lowest BCUT2D eigenvalue weighted by molar-refractivity contribution is -0.119. The van der Waals surface area contributed by atoms with Crippen LogP contribution in [0.4, 0.5) is 5.69 Å². The van der Waals surface area contributed by atoms with Crippen LogP contribution in [0.1, 0.15) is 13.8 Å². The number of hydrogen-bond donors (Lipinski definition) is 2. The summed E-state index contributed by atoms with van der Waals surface area (Å²) >= 11 is 3.21. The molecule has 0 aromatic carbocycles. The number of halogens is 1. The molecule has 0 aliphatic carbocycles. The Labute approximate surface area is 119 Å². The van der Waals surface area contributed by atoms with E-state index >= 15 is 0 Å². The molecular formula is C12H17BrN4O2.